The second kappa shape index (κ2) is 4.14. The van der Waals surface area contributed by atoms with E-state index in [-0.39, 0.29) is 23.4 Å². The predicted octanol–water partition coefficient (Wildman–Crippen LogP) is 3.41. The Hall–Kier alpha value is -2.22. The van der Waals surface area contributed by atoms with Crippen molar-refractivity contribution in [3.63, 3.8) is 0 Å². The van der Waals surface area contributed by atoms with Gasteiger partial charge in [-0.3, -0.25) is 9.59 Å². The van der Waals surface area contributed by atoms with Crippen LogP contribution in [0.2, 0.25) is 0 Å². The third-order valence-corrected chi connectivity index (χ3v) is 4.61. The number of Topliss-reactive ketones (excluding diaryl/α,β-unsaturated/α-hetero) is 2. The molecule has 0 radical (unpaired) electrons. The molecule has 2 atom stereocenters. The molecule has 0 N–H and O–H groups in total. The van der Waals surface area contributed by atoms with Gasteiger partial charge < -0.3 is 0 Å². The van der Waals surface area contributed by atoms with E-state index in [4.69, 9.17) is 0 Å². The van der Waals surface area contributed by atoms with Crippen LogP contribution in [0.3, 0.4) is 0 Å². The molecule has 0 aromatic heterocycles. The number of rotatable bonds is 0. The highest BCUT2D eigenvalue weighted by Crippen LogP contribution is 2.43. The molecule has 0 saturated heterocycles. The summed E-state index contributed by atoms with van der Waals surface area (Å²) in [5.74, 6) is 0.230. The maximum Gasteiger partial charge on any atom is 0.167 e. The molecule has 0 saturated carbocycles. The van der Waals surface area contributed by atoms with Gasteiger partial charge in [0.1, 0.15) is 0 Å². The summed E-state index contributed by atoms with van der Waals surface area (Å²) in [6, 6.07) is 15.5. The summed E-state index contributed by atoms with van der Waals surface area (Å²) < 4.78 is 0. The first-order valence-electron chi connectivity index (χ1n) is 7.00. The van der Waals surface area contributed by atoms with E-state index in [1.807, 2.05) is 48.5 Å². The molecule has 0 heterocycles. The molecule has 0 amide bonds. The molecule has 0 fully saturated rings. The average molecular weight is 262 g/mol. The van der Waals surface area contributed by atoms with Crippen molar-refractivity contribution in [1.29, 1.82) is 0 Å². The van der Waals surface area contributed by atoms with Crippen LogP contribution in [0.25, 0.3) is 0 Å². The minimum Gasteiger partial charge on any atom is -0.294 e. The van der Waals surface area contributed by atoms with Crippen molar-refractivity contribution >= 4 is 11.6 Å². The minimum atomic E-state index is -0.174. The lowest BCUT2D eigenvalue weighted by Crippen LogP contribution is -2.36. The summed E-state index contributed by atoms with van der Waals surface area (Å²) in [4.78, 5) is 24.9. The van der Waals surface area contributed by atoms with E-state index < -0.39 is 0 Å². The van der Waals surface area contributed by atoms with Gasteiger partial charge in [0.25, 0.3) is 0 Å². The predicted molar refractivity (Wildman–Crippen MR) is 76.1 cm³/mol. The van der Waals surface area contributed by atoms with Crippen LogP contribution in [0, 0.1) is 5.92 Å². The molecular formula is C18H14O2. The van der Waals surface area contributed by atoms with Crippen LogP contribution in [0.5, 0.6) is 0 Å². The van der Waals surface area contributed by atoms with E-state index in [2.05, 4.69) is 0 Å². The highest BCUT2D eigenvalue weighted by molar-refractivity contribution is 6.08. The zero-order chi connectivity index (χ0) is 13.7. The van der Waals surface area contributed by atoms with Crippen LogP contribution in [-0.4, -0.2) is 11.6 Å². The van der Waals surface area contributed by atoms with E-state index in [0.29, 0.717) is 6.42 Å². The fourth-order valence-electron chi connectivity index (χ4n) is 3.65. The van der Waals surface area contributed by atoms with Crippen molar-refractivity contribution in [2.45, 2.75) is 18.8 Å². The molecule has 98 valence electrons. The maximum atomic E-state index is 12.7. The molecule has 20 heavy (non-hydrogen) atoms. The second-order valence-corrected chi connectivity index (χ2v) is 5.65. The summed E-state index contributed by atoms with van der Waals surface area (Å²) in [5, 5.41) is 0. The SMILES string of the molecule is O=C1C[C@@H]2C(=O)c3ccccc3C[C@H]2c2ccccc21. The van der Waals surface area contributed by atoms with Crippen LogP contribution in [-0.2, 0) is 6.42 Å². The van der Waals surface area contributed by atoms with E-state index >= 15 is 0 Å². The van der Waals surface area contributed by atoms with Gasteiger partial charge in [-0.2, -0.15) is 0 Å². The first-order chi connectivity index (χ1) is 9.75. The van der Waals surface area contributed by atoms with Crippen LogP contribution < -0.4 is 0 Å². The van der Waals surface area contributed by atoms with E-state index in [1.54, 1.807) is 0 Å². The van der Waals surface area contributed by atoms with Gasteiger partial charge in [0, 0.05) is 23.5 Å². The van der Waals surface area contributed by atoms with Gasteiger partial charge >= 0.3 is 0 Å². The van der Waals surface area contributed by atoms with E-state index in [9.17, 15) is 9.59 Å². The fraction of sp³-hybridized carbons (Fsp3) is 0.222. The average Bonchev–Trinajstić information content (AvgIpc) is 2.49. The number of ketones is 2. The van der Waals surface area contributed by atoms with Gasteiger partial charge in [0.05, 0.1) is 0 Å². The number of carbonyl (C=O) groups excluding carboxylic acids is 2. The smallest absolute Gasteiger partial charge is 0.167 e. The molecule has 0 aliphatic heterocycles. The number of carbonyl (C=O) groups is 2. The Morgan fingerprint density at radius 1 is 0.750 bits per heavy atom. The molecule has 0 unspecified atom stereocenters. The molecule has 2 aliphatic carbocycles. The standard InChI is InChI=1S/C18H14O2/c19-17-10-16-15(13-7-3-4-8-14(13)17)9-11-5-1-2-6-12(11)18(16)20/h1-8,15-16H,9-10H2/t15-,16-/m0/s1. The summed E-state index contributed by atoms with van der Waals surface area (Å²) in [7, 11) is 0. The van der Waals surface area contributed by atoms with Crippen molar-refractivity contribution in [1.82, 2.24) is 0 Å². The topological polar surface area (TPSA) is 34.1 Å². The fourth-order valence-corrected chi connectivity index (χ4v) is 3.65. The second-order valence-electron chi connectivity index (χ2n) is 5.65. The monoisotopic (exact) mass is 262 g/mol. The van der Waals surface area contributed by atoms with Crippen molar-refractivity contribution in [2.24, 2.45) is 5.92 Å². The summed E-state index contributed by atoms with van der Waals surface area (Å²) >= 11 is 0. The quantitative estimate of drug-likeness (QED) is 0.729. The van der Waals surface area contributed by atoms with E-state index in [1.165, 1.54) is 0 Å². The van der Waals surface area contributed by atoms with Crippen molar-refractivity contribution in [3.05, 3.63) is 70.8 Å². The Morgan fingerprint density at radius 2 is 1.45 bits per heavy atom. The lowest BCUT2D eigenvalue weighted by molar-refractivity contribution is 0.0800. The van der Waals surface area contributed by atoms with Crippen molar-refractivity contribution < 1.29 is 9.59 Å². The number of hydrogen-bond acceptors (Lipinski definition) is 2. The highest BCUT2D eigenvalue weighted by Gasteiger charge is 2.41. The van der Waals surface area contributed by atoms with Gasteiger partial charge in [-0.25, -0.2) is 0 Å². The molecule has 2 nitrogen and oxygen atoms in total. The zero-order valence-corrected chi connectivity index (χ0v) is 11.0. The third kappa shape index (κ3) is 1.51. The van der Waals surface area contributed by atoms with Gasteiger partial charge in [0.15, 0.2) is 11.6 Å². The molecular weight excluding hydrogens is 248 g/mol. The first-order valence-corrected chi connectivity index (χ1v) is 7.00. The summed E-state index contributed by atoms with van der Waals surface area (Å²) in [6.45, 7) is 0. The third-order valence-electron chi connectivity index (χ3n) is 4.61. The first kappa shape index (κ1) is 11.6. The summed E-state index contributed by atoms with van der Waals surface area (Å²) in [5.41, 5.74) is 3.78. The highest BCUT2D eigenvalue weighted by atomic mass is 16.1. The van der Waals surface area contributed by atoms with Crippen LogP contribution in [0.4, 0.5) is 0 Å². The minimum absolute atomic E-state index is 0.106. The molecule has 0 bridgehead atoms. The van der Waals surface area contributed by atoms with E-state index in [0.717, 1.165) is 28.7 Å². The Morgan fingerprint density at radius 3 is 2.30 bits per heavy atom. The summed E-state index contributed by atoms with van der Waals surface area (Å²) in [6.07, 6.45) is 1.21. The lowest BCUT2D eigenvalue weighted by atomic mass is 9.65. The normalized spacial score (nSPS) is 23.8. The van der Waals surface area contributed by atoms with Crippen molar-refractivity contribution in [2.75, 3.05) is 0 Å². The number of benzene rings is 2. The molecule has 0 spiro atoms. The number of fused-ring (bicyclic) bond motifs is 4. The van der Waals surface area contributed by atoms with Gasteiger partial charge in [-0.1, -0.05) is 48.5 Å². The molecule has 2 aromatic rings. The molecule has 2 aromatic carbocycles. The zero-order valence-electron chi connectivity index (χ0n) is 11.0. The number of hydrogen-bond donors (Lipinski definition) is 0. The Kier molecular flexibility index (Phi) is 2.40. The molecule has 2 aliphatic rings. The molecule has 2 heteroatoms. The van der Waals surface area contributed by atoms with Crippen molar-refractivity contribution in [3.8, 4) is 0 Å². The van der Waals surface area contributed by atoms with Gasteiger partial charge in [0.2, 0.25) is 0 Å². The Labute approximate surface area is 117 Å². The van der Waals surface area contributed by atoms with Gasteiger partial charge in [-0.15, -0.1) is 0 Å². The lowest BCUT2D eigenvalue weighted by Gasteiger charge is -2.36. The largest absolute Gasteiger partial charge is 0.294 e. The van der Waals surface area contributed by atoms with Crippen LogP contribution >= 0.6 is 0 Å². The Bertz CT molecular complexity index is 730. The Balaban J connectivity index is 1.89. The van der Waals surface area contributed by atoms with Crippen LogP contribution in [0.1, 0.15) is 44.2 Å². The maximum absolute atomic E-state index is 12.7. The molecule has 4 rings (SSSR count). The van der Waals surface area contributed by atoms with Crippen LogP contribution in [0.15, 0.2) is 48.5 Å². The van der Waals surface area contributed by atoms with Gasteiger partial charge in [-0.05, 0) is 23.5 Å².